The zero-order valence-corrected chi connectivity index (χ0v) is 25.5. The first-order chi connectivity index (χ1) is 21.1. The number of aldehydes is 1. The predicted molar refractivity (Wildman–Crippen MR) is 167 cm³/mol. The Bertz CT molecular complexity index is 1550. The van der Waals surface area contributed by atoms with Gasteiger partial charge >= 0.3 is 6.03 Å². The SMILES string of the molecule is C=C(C=O)C1(OCC)C[N+](C(=O)[O-])(c2cc(C)c(OCc3ccccc3)c(C)c2)CCC1N1CCc2ccccc2NC1=O. The number of hydrogen-bond donors (Lipinski definition) is 1. The first-order valence-electron chi connectivity index (χ1n) is 15.0. The van der Waals surface area contributed by atoms with E-state index in [-0.39, 0.29) is 37.7 Å². The Morgan fingerprint density at radius 2 is 1.82 bits per heavy atom. The van der Waals surface area contributed by atoms with Crippen molar-refractivity contribution in [1.82, 2.24) is 9.38 Å². The van der Waals surface area contributed by atoms with Crippen molar-refractivity contribution < 1.29 is 29.0 Å². The minimum absolute atomic E-state index is 0.0821. The Morgan fingerprint density at radius 3 is 2.48 bits per heavy atom. The molecule has 0 aromatic heterocycles. The summed E-state index contributed by atoms with van der Waals surface area (Å²) in [6.45, 7) is 10.5. The number of nitrogens with one attached hydrogen (secondary N) is 1. The molecule has 3 unspecified atom stereocenters. The van der Waals surface area contributed by atoms with Crippen molar-refractivity contribution in [3.63, 3.8) is 0 Å². The van der Waals surface area contributed by atoms with Gasteiger partial charge in [0, 0.05) is 43.0 Å². The third-order valence-corrected chi connectivity index (χ3v) is 8.95. The Labute approximate surface area is 258 Å². The van der Waals surface area contributed by atoms with Gasteiger partial charge in [0.05, 0.1) is 12.6 Å². The number of para-hydroxylation sites is 1. The van der Waals surface area contributed by atoms with E-state index in [0.717, 1.165) is 27.9 Å². The van der Waals surface area contributed by atoms with Gasteiger partial charge in [0.15, 0.2) is 5.60 Å². The quantitative estimate of drug-likeness (QED) is 0.213. The van der Waals surface area contributed by atoms with Gasteiger partial charge in [-0.15, -0.1) is 0 Å². The number of carbonyl (C=O) groups is 3. The molecule has 9 heteroatoms. The van der Waals surface area contributed by atoms with E-state index in [1.165, 1.54) is 0 Å². The van der Waals surface area contributed by atoms with Crippen molar-refractivity contribution in [1.29, 1.82) is 0 Å². The fourth-order valence-corrected chi connectivity index (χ4v) is 6.78. The topological polar surface area (TPSA) is 108 Å². The first-order valence-corrected chi connectivity index (χ1v) is 15.0. The average molecular weight is 598 g/mol. The van der Waals surface area contributed by atoms with Crippen LogP contribution in [0, 0.1) is 13.8 Å². The molecule has 0 saturated carbocycles. The van der Waals surface area contributed by atoms with Crippen LogP contribution in [-0.2, 0) is 22.6 Å². The van der Waals surface area contributed by atoms with E-state index in [9.17, 15) is 19.5 Å². The van der Waals surface area contributed by atoms with E-state index in [2.05, 4.69) is 11.9 Å². The molecule has 0 bridgehead atoms. The smallest absolute Gasteiger partial charge is 0.322 e. The number of fused-ring (bicyclic) bond motifs is 1. The van der Waals surface area contributed by atoms with Crippen molar-refractivity contribution in [2.24, 2.45) is 0 Å². The number of piperidine rings is 1. The maximum atomic E-state index is 13.6. The summed E-state index contributed by atoms with van der Waals surface area (Å²) in [6, 6.07) is 20.1. The van der Waals surface area contributed by atoms with Gasteiger partial charge in [0.2, 0.25) is 0 Å². The maximum Gasteiger partial charge on any atom is 0.322 e. The third-order valence-electron chi connectivity index (χ3n) is 8.95. The molecule has 2 heterocycles. The van der Waals surface area contributed by atoms with Gasteiger partial charge in [-0.05, 0) is 55.5 Å². The molecule has 3 atom stereocenters. The van der Waals surface area contributed by atoms with Crippen molar-refractivity contribution in [2.75, 3.05) is 31.6 Å². The van der Waals surface area contributed by atoms with Crippen LogP contribution in [0.2, 0.25) is 0 Å². The Morgan fingerprint density at radius 1 is 1.14 bits per heavy atom. The predicted octanol–water partition coefficient (Wildman–Crippen LogP) is 4.93. The minimum atomic E-state index is -1.48. The van der Waals surface area contributed by atoms with Crippen LogP contribution in [-0.4, -0.2) is 61.2 Å². The first kappa shape index (κ1) is 31.0. The van der Waals surface area contributed by atoms with Crippen LogP contribution in [0.1, 0.15) is 35.6 Å². The third kappa shape index (κ3) is 5.60. The van der Waals surface area contributed by atoms with Crippen LogP contribution >= 0.6 is 0 Å². The Kier molecular flexibility index (Phi) is 8.90. The number of benzene rings is 3. The lowest BCUT2D eigenvalue weighted by atomic mass is 9.78. The Hall–Kier alpha value is -4.47. The summed E-state index contributed by atoms with van der Waals surface area (Å²) in [5, 5.41) is 16.2. The number of nitrogens with zero attached hydrogens (tertiary/aromatic N) is 2. The highest BCUT2D eigenvalue weighted by Gasteiger charge is 2.58. The van der Waals surface area contributed by atoms with E-state index in [1.807, 2.05) is 68.4 Å². The number of likely N-dealkylation sites (tertiary alicyclic amines) is 1. The molecule has 3 aromatic rings. The van der Waals surface area contributed by atoms with Crippen molar-refractivity contribution in [3.05, 3.63) is 101 Å². The molecule has 2 aliphatic rings. The molecule has 1 N–H and O–H groups in total. The van der Waals surface area contributed by atoms with Gasteiger partial charge in [-0.25, -0.2) is 9.28 Å². The van der Waals surface area contributed by atoms with E-state index in [0.29, 0.717) is 37.3 Å². The lowest BCUT2D eigenvalue weighted by Crippen LogP contribution is -2.75. The summed E-state index contributed by atoms with van der Waals surface area (Å²) in [5.41, 5.74) is 3.39. The Balaban J connectivity index is 1.53. The molecule has 2 aliphatic heterocycles. The van der Waals surface area contributed by atoms with Crippen LogP contribution in [0.4, 0.5) is 21.0 Å². The van der Waals surface area contributed by atoms with Gasteiger partial charge in [0.1, 0.15) is 30.9 Å². The van der Waals surface area contributed by atoms with Crippen LogP contribution in [0.15, 0.2) is 78.9 Å². The molecular formula is C35H39N3O6. The molecule has 1 fully saturated rings. The largest absolute Gasteiger partial charge is 0.498 e. The number of rotatable bonds is 9. The van der Waals surface area contributed by atoms with E-state index < -0.39 is 22.2 Å². The van der Waals surface area contributed by atoms with E-state index >= 15 is 0 Å². The minimum Gasteiger partial charge on any atom is -0.498 e. The number of carbonyl (C=O) groups excluding carboxylic acids is 3. The maximum absolute atomic E-state index is 13.6. The highest BCUT2D eigenvalue weighted by atomic mass is 16.5. The molecule has 9 nitrogen and oxygen atoms in total. The molecule has 0 aliphatic carbocycles. The van der Waals surface area contributed by atoms with E-state index in [4.69, 9.17) is 9.47 Å². The fourth-order valence-electron chi connectivity index (χ4n) is 6.78. The standard InChI is InChI=1S/C35H39N3O6/c1-5-44-35(26(4)21-39)23-38(34(41)42,18-16-31(35)37-17-15-28-13-9-10-14-30(28)36-33(37)40)29-19-24(2)32(25(3)20-29)43-22-27-11-7-6-8-12-27/h6-14,19-21,31H,4-5,15-18,22-23H2,1-3H3,(H-,36,40,41,42). The highest BCUT2D eigenvalue weighted by Crippen LogP contribution is 2.43. The van der Waals surface area contributed by atoms with Crippen molar-refractivity contribution in [3.8, 4) is 5.75 Å². The number of hydrogen-bond acceptors (Lipinski definition) is 6. The number of amides is 3. The second-order valence-electron chi connectivity index (χ2n) is 11.6. The van der Waals surface area contributed by atoms with Crippen LogP contribution in [0.5, 0.6) is 5.75 Å². The zero-order chi connectivity index (χ0) is 31.5. The van der Waals surface area contributed by atoms with Gasteiger partial charge in [0.25, 0.3) is 6.09 Å². The summed E-state index contributed by atoms with van der Waals surface area (Å²) in [6.07, 6.45) is 0.106. The lowest BCUT2D eigenvalue weighted by Gasteiger charge is -2.54. The molecule has 44 heavy (non-hydrogen) atoms. The number of ether oxygens (including phenoxy) is 2. The number of urea groups is 1. The summed E-state index contributed by atoms with van der Waals surface area (Å²) < 4.78 is 11.9. The summed E-state index contributed by atoms with van der Waals surface area (Å²) in [4.78, 5) is 40.9. The zero-order valence-electron chi connectivity index (χ0n) is 25.5. The molecule has 3 amide bonds. The summed E-state index contributed by atoms with van der Waals surface area (Å²) in [7, 11) is 0. The van der Waals surface area contributed by atoms with Crippen LogP contribution < -0.4 is 19.6 Å². The number of anilines is 1. The highest BCUT2D eigenvalue weighted by molar-refractivity contribution is 5.92. The van der Waals surface area contributed by atoms with Crippen molar-refractivity contribution in [2.45, 2.75) is 51.9 Å². The molecule has 0 spiro atoms. The molecule has 5 rings (SSSR count). The number of aryl methyl sites for hydroxylation is 2. The molecular weight excluding hydrogens is 558 g/mol. The summed E-state index contributed by atoms with van der Waals surface area (Å²) >= 11 is 0. The van der Waals surface area contributed by atoms with Gasteiger partial charge in [-0.2, -0.15) is 0 Å². The number of quaternary nitrogens is 1. The van der Waals surface area contributed by atoms with Crippen LogP contribution in [0.25, 0.3) is 0 Å². The fraction of sp³-hybridized carbons (Fsp3) is 0.343. The lowest BCUT2D eigenvalue weighted by molar-refractivity contribution is -0.269. The average Bonchev–Trinajstić information content (AvgIpc) is 3.18. The van der Waals surface area contributed by atoms with Gasteiger partial charge in [-0.1, -0.05) is 55.1 Å². The second-order valence-corrected chi connectivity index (χ2v) is 11.6. The van der Waals surface area contributed by atoms with Crippen molar-refractivity contribution >= 4 is 29.8 Å². The molecule has 230 valence electrons. The second kappa shape index (κ2) is 12.6. The molecule has 1 saturated heterocycles. The number of carboxylic acid groups (broad SMARTS) is 1. The normalized spacial score (nSPS) is 23.2. The van der Waals surface area contributed by atoms with Crippen LogP contribution in [0.3, 0.4) is 0 Å². The summed E-state index contributed by atoms with van der Waals surface area (Å²) in [5.74, 6) is 0.679. The molecule has 0 radical (unpaired) electrons. The van der Waals surface area contributed by atoms with E-state index in [1.54, 1.807) is 24.0 Å². The van der Waals surface area contributed by atoms with Gasteiger partial charge in [-0.3, -0.25) is 4.79 Å². The monoisotopic (exact) mass is 597 g/mol. The molecule has 3 aromatic carbocycles. The van der Waals surface area contributed by atoms with Gasteiger partial charge < -0.3 is 29.6 Å².